The molecule has 1 amide bonds. The number of rotatable bonds is 5. The van der Waals surface area contributed by atoms with E-state index in [0.717, 1.165) is 15.1 Å². The van der Waals surface area contributed by atoms with E-state index in [-0.39, 0.29) is 24.4 Å². The van der Waals surface area contributed by atoms with Crippen molar-refractivity contribution in [1.29, 1.82) is 0 Å². The van der Waals surface area contributed by atoms with Crippen molar-refractivity contribution in [3.63, 3.8) is 0 Å². The molecule has 0 aromatic heterocycles. The number of hydrogen-bond donors (Lipinski definition) is 3. The van der Waals surface area contributed by atoms with E-state index in [4.69, 9.17) is 20.9 Å². The van der Waals surface area contributed by atoms with Gasteiger partial charge in [-0.25, -0.2) is 15.4 Å². The van der Waals surface area contributed by atoms with Gasteiger partial charge in [-0.1, -0.05) is 18.3 Å². The minimum atomic E-state index is -0.322. The van der Waals surface area contributed by atoms with Crippen molar-refractivity contribution in [3.8, 4) is 11.5 Å². The van der Waals surface area contributed by atoms with Crippen LogP contribution in [0, 0.1) is 5.92 Å². The van der Waals surface area contributed by atoms with Crippen molar-refractivity contribution >= 4 is 50.3 Å². The van der Waals surface area contributed by atoms with Crippen LogP contribution in [0.5, 0.6) is 11.5 Å². The molecule has 5 N–H and O–H groups in total. The van der Waals surface area contributed by atoms with Crippen LogP contribution >= 0.6 is 27.7 Å². The maximum atomic E-state index is 12.1. The number of thioether (sulfide) groups is 1. The molecule has 0 aliphatic carbocycles. The molecule has 0 saturated heterocycles. The van der Waals surface area contributed by atoms with Crippen LogP contribution in [-0.2, 0) is 4.79 Å². The summed E-state index contributed by atoms with van der Waals surface area (Å²) in [5.41, 5.74) is 15.4. The summed E-state index contributed by atoms with van der Waals surface area (Å²) in [6.45, 7) is 6.13. The molecule has 162 valence electrons. The molecule has 0 saturated carbocycles. The zero-order chi connectivity index (χ0) is 22.1. The van der Waals surface area contributed by atoms with Gasteiger partial charge in [0.25, 0.3) is 0 Å². The first-order valence-corrected chi connectivity index (χ1v) is 10.9. The summed E-state index contributed by atoms with van der Waals surface area (Å²) in [6, 6.07) is 3.72. The highest BCUT2D eigenvalue weighted by Crippen LogP contribution is 2.42. The van der Waals surface area contributed by atoms with Crippen LogP contribution in [0.3, 0.4) is 0 Å². The van der Waals surface area contributed by atoms with Crippen LogP contribution in [0.4, 0.5) is 0 Å². The standard InChI is InChI=1S/C19H20BrN7O3S/c1-3-23-17-15(16(21)22)24-19(27(17)5-4-10-9(2)25-26-18(10)28)31-14-7-13-12(6-11(14)20)29-8-30-13/h3,6-7,10H,1,4-5,8,21-22H2,2H3,(H,26,28)/b23-17+. The molecular weight excluding hydrogens is 486 g/mol. The molecule has 1 aromatic carbocycles. The van der Waals surface area contributed by atoms with Crippen molar-refractivity contribution in [2.45, 2.75) is 18.2 Å². The second kappa shape index (κ2) is 8.63. The fraction of sp³-hybridized carbons (Fsp3) is 0.263. The van der Waals surface area contributed by atoms with Gasteiger partial charge in [0.05, 0.1) is 5.92 Å². The van der Waals surface area contributed by atoms with Crippen LogP contribution < -0.4 is 26.4 Å². The third kappa shape index (κ3) is 4.12. The number of fused-ring (bicyclic) bond motifs is 1. The lowest BCUT2D eigenvalue weighted by Crippen LogP contribution is -2.35. The minimum absolute atomic E-state index is 0.0438. The quantitative estimate of drug-likeness (QED) is 0.556. The number of ether oxygens (including phenoxy) is 2. The average Bonchev–Trinajstić information content (AvgIpc) is 3.40. The van der Waals surface area contributed by atoms with Crippen LogP contribution in [0.15, 0.2) is 60.9 Å². The second-order valence-corrected chi connectivity index (χ2v) is 8.66. The first kappa shape index (κ1) is 21.2. The summed E-state index contributed by atoms with van der Waals surface area (Å²) in [5, 5.41) is 4.62. The van der Waals surface area contributed by atoms with Crippen molar-refractivity contribution in [1.82, 2.24) is 10.3 Å². The molecule has 12 heteroatoms. The van der Waals surface area contributed by atoms with E-state index in [1.165, 1.54) is 18.0 Å². The Kier molecular flexibility index (Phi) is 5.92. The van der Waals surface area contributed by atoms with Gasteiger partial charge in [-0.05, 0) is 41.4 Å². The van der Waals surface area contributed by atoms with Crippen molar-refractivity contribution in [3.05, 3.63) is 40.9 Å². The summed E-state index contributed by atoms with van der Waals surface area (Å²) in [4.78, 5) is 23.8. The van der Waals surface area contributed by atoms with Crippen LogP contribution in [0.2, 0.25) is 0 Å². The molecule has 0 bridgehead atoms. The Hall–Kier alpha value is -2.99. The Morgan fingerprint density at radius 1 is 1.45 bits per heavy atom. The van der Waals surface area contributed by atoms with Crippen molar-refractivity contribution in [2.75, 3.05) is 13.3 Å². The maximum Gasteiger partial charge on any atom is 0.248 e. The maximum absolute atomic E-state index is 12.1. The topological polar surface area (TPSA) is 140 Å². The third-order valence-electron chi connectivity index (χ3n) is 4.83. The van der Waals surface area contributed by atoms with Gasteiger partial charge >= 0.3 is 0 Å². The fourth-order valence-corrected chi connectivity index (χ4v) is 4.79. The molecule has 0 spiro atoms. The monoisotopic (exact) mass is 505 g/mol. The highest BCUT2D eigenvalue weighted by Gasteiger charge is 2.34. The second-order valence-electron chi connectivity index (χ2n) is 6.79. The molecule has 1 aromatic rings. The first-order chi connectivity index (χ1) is 14.9. The van der Waals surface area contributed by atoms with Gasteiger partial charge in [-0.3, -0.25) is 4.79 Å². The number of nitrogens with one attached hydrogen (secondary N) is 1. The Morgan fingerprint density at radius 3 is 2.84 bits per heavy atom. The van der Waals surface area contributed by atoms with Gasteiger partial charge in [-0.2, -0.15) is 5.10 Å². The fourth-order valence-electron chi connectivity index (χ4n) is 3.28. The van der Waals surface area contributed by atoms with Crippen molar-refractivity contribution < 1.29 is 14.3 Å². The van der Waals surface area contributed by atoms with Gasteiger partial charge in [0.2, 0.25) is 12.7 Å². The number of carbonyl (C=O) groups is 1. The highest BCUT2D eigenvalue weighted by molar-refractivity contribution is 9.10. The molecule has 0 radical (unpaired) electrons. The summed E-state index contributed by atoms with van der Waals surface area (Å²) in [6.07, 6.45) is 1.91. The van der Waals surface area contributed by atoms with Crippen LogP contribution in [0.25, 0.3) is 0 Å². The zero-order valence-corrected chi connectivity index (χ0v) is 19.0. The van der Waals surface area contributed by atoms with E-state index in [0.29, 0.717) is 41.2 Å². The highest BCUT2D eigenvalue weighted by atomic mass is 79.9. The van der Waals surface area contributed by atoms with Crippen LogP contribution in [0.1, 0.15) is 13.3 Å². The predicted molar refractivity (Wildman–Crippen MR) is 123 cm³/mol. The first-order valence-electron chi connectivity index (χ1n) is 9.30. The van der Waals surface area contributed by atoms with Gasteiger partial charge in [0.1, 0.15) is 11.5 Å². The van der Waals surface area contributed by atoms with Crippen LogP contribution in [-0.4, -0.2) is 40.9 Å². The number of nitrogens with zero attached hydrogens (tertiary/aromatic N) is 4. The lowest BCUT2D eigenvalue weighted by molar-refractivity contribution is -0.122. The van der Waals surface area contributed by atoms with E-state index < -0.39 is 0 Å². The number of aliphatic imine (C=N–C) groups is 2. The SMILES string of the molecule is C=C/N=C1\C(=C(N)N)N=C(Sc2cc3c(cc2Br)OCO3)N1CCC1C(=O)NN=C1C. The Balaban J connectivity index is 1.64. The van der Waals surface area contributed by atoms with Crippen molar-refractivity contribution in [2.24, 2.45) is 32.5 Å². The summed E-state index contributed by atoms with van der Waals surface area (Å²) < 4.78 is 11.7. The molecule has 3 aliphatic heterocycles. The number of amides is 1. The van der Waals surface area contributed by atoms with E-state index >= 15 is 0 Å². The van der Waals surface area contributed by atoms with E-state index in [9.17, 15) is 4.79 Å². The largest absolute Gasteiger partial charge is 0.454 e. The Bertz CT molecular complexity index is 1080. The summed E-state index contributed by atoms with van der Waals surface area (Å²) >= 11 is 4.96. The van der Waals surface area contributed by atoms with Gasteiger partial charge in [-0.15, -0.1) is 0 Å². The number of benzene rings is 1. The molecule has 1 unspecified atom stereocenters. The van der Waals surface area contributed by atoms with Gasteiger partial charge in [0.15, 0.2) is 22.5 Å². The molecule has 10 nitrogen and oxygen atoms in total. The number of hydrogen-bond acceptors (Lipinski definition) is 9. The van der Waals surface area contributed by atoms with E-state index in [1.54, 1.807) is 0 Å². The summed E-state index contributed by atoms with van der Waals surface area (Å²) in [5.74, 6) is 1.39. The Morgan fingerprint density at radius 2 is 2.19 bits per heavy atom. The molecule has 31 heavy (non-hydrogen) atoms. The van der Waals surface area contributed by atoms with Gasteiger partial charge < -0.3 is 25.8 Å². The van der Waals surface area contributed by atoms with E-state index in [1.807, 2.05) is 24.0 Å². The number of halogens is 1. The summed E-state index contributed by atoms with van der Waals surface area (Å²) in [7, 11) is 0. The Labute approximate surface area is 191 Å². The van der Waals surface area contributed by atoms with Gasteiger partial charge in [0, 0.05) is 27.8 Å². The third-order valence-corrected chi connectivity index (χ3v) is 6.80. The predicted octanol–water partition coefficient (Wildman–Crippen LogP) is 2.08. The zero-order valence-electron chi connectivity index (χ0n) is 16.6. The number of carbonyl (C=O) groups excluding carboxylic acids is 1. The molecule has 0 fully saturated rings. The lowest BCUT2D eigenvalue weighted by Gasteiger charge is -2.22. The lowest BCUT2D eigenvalue weighted by atomic mass is 10.0. The molecule has 4 rings (SSSR count). The minimum Gasteiger partial charge on any atom is -0.454 e. The number of amidine groups is 2. The van der Waals surface area contributed by atoms with E-state index in [2.05, 4.69) is 43.0 Å². The molecule has 3 heterocycles. The average molecular weight is 506 g/mol. The number of hydrazone groups is 1. The molecule has 1 atom stereocenters. The molecule has 3 aliphatic rings. The number of nitrogens with two attached hydrogens (primary N) is 2. The normalized spacial score (nSPS) is 20.8. The molecular formula is C19H20BrN7O3S. The smallest absolute Gasteiger partial charge is 0.248 e.